The highest BCUT2D eigenvalue weighted by atomic mass is 35.5. The molecule has 0 saturated carbocycles. The summed E-state index contributed by atoms with van der Waals surface area (Å²) in [7, 11) is 0. The molecule has 1 aromatic rings. The molecule has 1 saturated heterocycles. The molecule has 1 aliphatic heterocycles. The molecule has 1 amide bonds. The van der Waals surface area contributed by atoms with E-state index in [9.17, 15) is 9.90 Å². The van der Waals surface area contributed by atoms with E-state index in [1.807, 2.05) is 13.8 Å². The quantitative estimate of drug-likeness (QED) is 0.880. The van der Waals surface area contributed by atoms with E-state index in [1.54, 1.807) is 0 Å². The molecule has 2 rings (SSSR count). The Kier molecular flexibility index (Phi) is 5.13. The van der Waals surface area contributed by atoms with Crippen LogP contribution in [0.5, 0.6) is 0 Å². The van der Waals surface area contributed by atoms with E-state index >= 15 is 0 Å². The van der Waals surface area contributed by atoms with Crippen molar-refractivity contribution in [3.8, 4) is 0 Å². The minimum Gasteiger partial charge on any atom is -0.388 e. The van der Waals surface area contributed by atoms with Crippen LogP contribution in [0.1, 0.15) is 48.9 Å². The molecule has 0 spiro atoms. The predicted molar refractivity (Wildman–Crippen MR) is 78.5 cm³/mol. The SMILES string of the molecule is CC(C)c1ncc(Cl)c(C(=O)NCC2(O)CCOCC2)n1. The van der Waals surface area contributed by atoms with Crippen molar-refractivity contribution in [2.75, 3.05) is 19.8 Å². The zero-order valence-corrected chi connectivity index (χ0v) is 13.0. The lowest BCUT2D eigenvalue weighted by Gasteiger charge is -2.32. The molecule has 7 heteroatoms. The first-order valence-corrected chi connectivity index (χ1v) is 7.40. The summed E-state index contributed by atoms with van der Waals surface area (Å²) >= 11 is 5.98. The van der Waals surface area contributed by atoms with Gasteiger partial charge in [-0.2, -0.15) is 0 Å². The predicted octanol–water partition coefficient (Wildman–Crippen LogP) is 1.52. The fraction of sp³-hybridized carbons (Fsp3) is 0.643. The van der Waals surface area contributed by atoms with Crippen LogP contribution in [-0.2, 0) is 4.74 Å². The highest BCUT2D eigenvalue weighted by molar-refractivity contribution is 6.33. The second-order valence-electron chi connectivity index (χ2n) is 5.60. The number of ether oxygens (including phenoxy) is 1. The number of rotatable bonds is 4. The molecule has 0 unspecified atom stereocenters. The van der Waals surface area contributed by atoms with Gasteiger partial charge < -0.3 is 15.2 Å². The van der Waals surface area contributed by atoms with Gasteiger partial charge in [0.05, 0.1) is 16.8 Å². The largest absolute Gasteiger partial charge is 0.388 e. The van der Waals surface area contributed by atoms with Gasteiger partial charge in [0.15, 0.2) is 0 Å². The normalized spacial score (nSPS) is 17.8. The number of aromatic nitrogens is 2. The average molecular weight is 314 g/mol. The summed E-state index contributed by atoms with van der Waals surface area (Å²) in [5.74, 6) is 0.270. The lowest BCUT2D eigenvalue weighted by molar-refractivity contribution is -0.0605. The highest BCUT2D eigenvalue weighted by Gasteiger charge is 2.30. The topological polar surface area (TPSA) is 84.3 Å². The standard InChI is InChI=1S/C14H20ClN3O3/c1-9(2)12-16-7-10(15)11(18-12)13(19)17-8-14(20)3-5-21-6-4-14/h7,9,20H,3-6,8H2,1-2H3,(H,17,19). The zero-order valence-electron chi connectivity index (χ0n) is 12.2. The second kappa shape index (κ2) is 6.68. The summed E-state index contributed by atoms with van der Waals surface area (Å²) in [6, 6.07) is 0. The molecule has 2 N–H and O–H groups in total. The van der Waals surface area contributed by atoms with Crippen LogP contribution in [0.3, 0.4) is 0 Å². The van der Waals surface area contributed by atoms with Crippen LogP contribution in [0.4, 0.5) is 0 Å². The van der Waals surface area contributed by atoms with E-state index < -0.39 is 11.5 Å². The van der Waals surface area contributed by atoms with Crippen LogP contribution >= 0.6 is 11.6 Å². The molecule has 0 aliphatic carbocycles. The Morgan fingerprint density at radius 1 is 1.52 bits per heavy atom. The molecule has 0 bridgehead atoms. The van der Waals surface area contributed by atoms with E-state index in [-0.39, 0.29) is 23.2 Å². The van der Waals surface area contributed by atoms with Crippen molar-refractivity contribution in [3.05, 3.63) is 22.7 Å². The molecule has 21 heavy (non-hydrogen) atoms. The van der Waals surface area contributed by atoms with Gasteiger partial charge in [-0.05, 0) is 0 Å². The monoisotopic (exact) mass is 313 g/mol. The molecule has 116 valence electrons. The third kappa shape index (κ3) is 4.12. The van der Waals surface area contributed by atoms with Crippen molar-refractivity contribution in [3.63, 3.8) is 0 Å². The van der Waals surface area contributed by atoms with Gasteiger partial charge in [-0.1, -0.05) is 25.4 Å². The van der Waals surface area contributed by atoms with Crippen molar-refractivity contribution in [2.24, 2.45) is 0 Å². The zero-order chi connectivity index (χ0) is 15.5. The summed E-state index contributed by atoms with van der Waals surface area (Å²) < 4.78 is 5.20. The number of aliphatic hydroxyl groups is 1. The molecular weight excluding hydrogens is 294 g/mol. The Hall–Kier alpha value is -1.24. The number of hydrogen-bond acceptors (Lipinski definition) is 5. The maximum absolute atomic E-state index is 12.2. The fourth-order valence-corrected chi connectivity index (χ4v) is 2.25. The van der Waals surface area contributed by atoms with Crippen LogP contribution in [0, 0.1) is 0 Å². The van der Waals surface area contributed by atoms with Crippen molar-refractivity contribution in [1.29, 1.82) is 0 Å². The summed E-state index contributed by atoms with van der Waals surface area (Å²) in [6.45, 7) is 5.04. The van der Waals surface area contributed by atoms with Gasteiger partial charge in [0.1, 0.15) is 11.5 Å². The number of halogens is 1. The number of nitrogens with one attached hydrogen (secondary N) is 1. The highest BCUT2D eigenvalue weighted by Crippen LogP contribution is 2.20. The molecular formula is C14H20ClN3O3. The third-order valence-electron chi connectivity index (χ3n) is 3.50. The van der Waals surface area contributed by atoms with Gasteiger partial charge in [-0.15, -0.1) is 0 Å². The van der Waals surface area contributed by atoms with E-state index in [1.165, 1.54) is 6.20 Å². The first-order chi connectivity index (χ1) is 9.91. The second-order valence-corrected chi connectivity index (χ2v) is 6.01. The molecule has 1 aromatic heterocycles. The molecule has 1 aliphatic rings. The Morgan fingerprint density at radius 3 is 2.81 bits per heavy atom. The molecule has 0 radical (unpaired) electrons. The molecule has 0 atom stereocenters. The molecule has 0 aromatic carbocycles. The van der Waals surface area contributed by atoms with Gasteiger partial charge in [0, 0.05) is 38.5 Å². The lowest BCUT2D eigenvalue weighted by atomic mass is 9.94. The van der Waals surface area contributed by atoms with Crippen LogP contribution in [0.15, 0.2) is 6.20 Å². The van der Waals surface area contributed by atoms with Gasteiger partial charge in [0.25, 0.3) is 5.91 Å². The van der Waals surface area contributed by atoms with Crippen molar-refractivity contribution in [1.82, 2.24) is 15.3 Å². The van der Waals surface area contributed by atoms with E-state index in [0.717, 1.165) is 0 Å². The molecule has 1 fully saturated rings. The smallest absolute Gasteiger partial charge is 0.271 e. The van der Waals surface area contributed by atoms with Crippen molar-refractivity contribution >= 4 is 17.5 Å². The number of carbonyl (C=O) groups is 1. The van der Waals surface area contributed by atoms with Crippen LogP contribution < -0.4 is 5.32 Å². The van der Waals surface area contributed by atoms with Crippen LogP contribution in [-0.4, -0.2) is 46.3 Å². The summed E-state index contributed by atoms with van der Waals surface area (Å²) in [6.07, 6.45) is 2.44. The summed E-state index contributed by atoms with van der Waals surface area (Å²) in [4.78, 5) is 20.5. The number of amides is 1. The lowest BCUT2D eigenvalue weighted by Crippen LogP contribution is -2.46. The summed E-state index contributed by atoms with van der Waals surface area (Å²) in [5, 5.41) is 13.2. The Labute approximate surface area is 128 Å². The number of carbonyl (C=O) groups excluding carboxylic acids is 1. The van der Waals surface area contributed by atoms with Gasteiger partial charge in [-0.25, -0.2) is 9.97 Å². The van der Waals surface area contributed by atoms with Crippen LogP contribution in [0.25, 0.3) is 0 Å². The fourth-order valence-electron chi connectivity index (χ4n) is 2.07. The van der Waals surface area contributed by atoms with Gasteiger partial charge >= 0.3 is 0 Å². The van der Waals surface area contributed by atoms with Crippen molar-refractivity contribution in [2.45, 2.75) is 38.2 Å². The molecule has 6 nitrogen and oxygen atoms in total. The Balaban J connectivity index is 2.04. The summed E-state index contributed by atoms with van der Waals surface area (Å²) in [5.41, 5.74) is -0.778. The first-order valence-electron chi connectivity index (χ1n) is 7.02. The minimum atomic E-state index is -0.922. The third-order valence-corrected chi connectivity index (χ3v) is 3.77. The molecule has 2 heterocycles. The Bertz CT molecular complexity index is 516. The van der Waals surface area contributed by atoms with E-state index in [4.69, 9.17) is 16.3 Å². The maximum atomic E-state index is 12.2. The number of nitrogens with zero attached hydrogens (tertiary/aromatic N) is 2. The van der Waals surface area contributed by atoms with E-state index in [0.29, 0.717) is 31.9 Å². The van der Waals surface area contributed by atoms with Crippen LogP contribution in [0.2, 0.25) is 5.02 Å². The first kappa shape index (κ1) is 16.1. The minimum absolute atomic E-state index is 0.105. The number of hydrogen-bond donors (Lipinski definition) is 2. The van der Waals surface area contributed by atoms with Crippen molar-refractivity contribution < 1.29 is 14.6 Å². The van der Waals surface area contributed by atoms with E-state index in [2.05, 4.69) is 15.3 Å². The van der Waals surface area contributed by atoms with Gasteiger partial charge in [0.2, 0.25) is 0 Å². The average Bonchev–Trinajstić information content (AvgIpc) is 2.46. The Morgan fingerprint density at radius 2 is 2.19 bits per heavy atom. The van der Waals surface area contributed by atoms with Gasteiger partial charge in [-0.3, -0.25) is 4.79 Å². The maximum Gasteiger partial charge on any atom is 0.271 e.